The van der Waals surface area contributed by atoms with Crippen LogP contribution in [-0.2, 0) is 17.4 Å². The van der Waals surface area contributed by atoms with Gasteiger partial charge in [-0.2, -0.15) is 13.2 Å². The zero-order valence-corrected chi connectivity index (χ0v) is 17.0. The van der Waals surface area contributed by atoms with Crippen molar-refractivity contribution in [3.63, 3.8) is 0 Å². The molecule has 30 heavy (non-hydrogen) atoms. The molecule has 0 aromatic heterocycles. The summed E-state index contributed by atoms with van der Waals surface area (Å²) in [6.07, 6.45) is -1.10. The molecule has 0 aliphatic carbocycles. The summed E-state index contributed by atoms with van der Waals surface area (Å²) in [5.41, 5.74) is 7.71. The van der Waals surface area contributed by atoms with Crippen molar-refractivity contribution in [2.75, 3.05) is 20.6 Å². The van der Waals surface area contributed by atoms with Gasteiger partial charge in [0.25, 0.3) is 0 Å². The third-order valence-corrected chi connectivity index (χ3v) is 4.68. The molecule has 160 valence electrons. The fraction of sp³-hybridized carbons (Fsp3) is 0.261. The highest BCUT2D eigenvalue weighted by Gasteiger charge is 2.30. The first-order valence-corrected chi connectivity index (χ1v) is 9.39. The molecule has 2 aromatic carbocycles. The molecule has 0 saturated carbocycles. The van der Waals surface area contributed by atoms with Gasteiger partial charge in [0.15, 0.2) is 0 Å². The number of hydrogen-bond acceptors (Lipinski definition) is 3. The summed E-state index contributed by atoms with van der Waals surface area (Å²) in [5.74, 6) is -0.367. The summed E-state index contributed by atoms with van der Waals surface area (Å²) in [6.45, 7) is 4.10. The summed E-state index contributed by atoms with van der Waals surface area (Å²) >= 11 is 0. The number of carbonyl (C=O) groups excluding carboxylic acids is 1. The fourth-order valence-electron chi connectivity index (χ4n) is 2.83. The first-order chi connectivity index (χ1) is 14.1. The molecule has 0 spiro atoms. The SMILES string of the molecule is C=C(N)c1ccc(CC(CNC(=O)/C=C/c2cccc(C(F)(F)F)c2)N(C)C)cc1. The largest absolute Gasteiger partial charge is 0.416 e. The number of carbonyl (C=O) groups is 1. The maximum Gasteiger partial charge on any atom is 0.416 e. The van der Waals surface area contributed by atoms with E-state index >= 15 is 0 Å². The zero-order valence-electron chi connectivity index (χ0n) is 17.0. The Bertz CT molecular complexity index is 903. The van der Waals surface area contributed by atoms with E-state index in [1.165, 1.54) is 24.3 Å². The van der Waals surface area contributed by atoms with Gasteiger partial charge in [0, 0.05) is 24.4 Å². The maximum atomic E-state index is 12.8. The maximum absolute atomic E-state index is 12.8. The van der Waals surface area contributed by atoms with Crippen molar-refractivity contribution in [3.8, 4) is 0 Å². The van der Waals surface area contributed by atoms with Gasteiger partial charge in [-0.3, -0.25) is 4.79 Å². The van der Waals surface area contributed by atoms with Gasteiger partial charge in [-0.15, -0.1) is 0 Å². The zero-order chi connectivity index (χ0) is 22.3. The van der Waals surface area contributed by atoms with E-state index in [-0.39, 0.29) is 11.9 Å². The predicted molar refractivity (Wildman–Crippen MR) is 114 cm³/mol. The number of rotatable bonds is 8. The Kier molecular flexibility index (Phi) is 7.83. The van der Waals surface area contributed by atoms with Crippen molar-refractivity contribution in [3.05, 3.63) is 83.4 Å². The van der Waals surface area contributed by atoms with E-state index in [0.717, 1.165) is 23.3 Å². The lowest BCUT2D eigenvalue weighted by Gasteiger charge is -2.24. The molecular formula is C23H26F3N3O. The number of likely N-dealkylation sites (N-methyl/N-ethyl adjacent to an activating group) is 1. The lowest BCUT2D eigenvalue weighted by molar-refractivity contribution is -0.137. The molecule has 0 fully saturated rings. The van der Waals surface area contributed by atoms with Crippen LogP contribution < -0.4 is 11.1 Å². The van der Waals surface area contributed by atoms with E-state index in [4.69, 9.17) is 5.73 Å². The molecule has 0 bridgehead atoms. The number of nitrogens with two attached hydrogens (primary N) is 1. The van der Waals surface area contributed by atoms with Crippen molar-refractivity contribution in [1.82, 2.24) is 10.2 Å². The van der Waals surface area contributed by atoms with Gasteiger partial charge in [-0.1, -0.05) is 43.0 Å². The third-order valence-electron chi connectivity index (χ3n) is 4.68. The van der Waals surface area contributed by atoms with Crippen LogP contribution in [0.4, 0.5) is 13.2 Å². The molecule has 7 heteroatoms. The highest BCUT2D eigenvalue weighted by atomic mass is 19.4. The summed E-state index contributed by atoms with van der Waals surface area (Å²) in [4.78, 5) is 14.1. The number of amides is 1. The average molecular weight is 417 g/mol. The van der Waals surface area contributed by atoms with E-state index in [1.54, 1.807) is 0 Å². The fourth-order valence-corrected chi connectivity index (χ4v) is 2.83. The highest BCUT2D eigenvalue weighted by Crippen LogP contribution is 2.29. The van der Waals surface area contributed by atoms with Crippen LogP contribution in [0.3, 0.4) is 0 Å². The Hall–Kier alpha value is -3.06. The van der Waals surface area contributed by atoms with Crippen LogP contribution >= 0.6 is 0 Å². The number of nitrogens with one attached hydrogen (secondary N) is 1. The lowest BCUT2D eigenvalue weighted by Crippen LogP contribution is -2.41. The average Bonchev–Trinajstić information content (AvgIpc) is 2.69. The number of hydrogen-bond donors (Lipinski definition) is 2. The van der Waals surface area contributed by atoms with E-state index in [0.29, 0.717) is 24.2 Å². The molecular weight excluding hydrogens is 391 g/mol. The Morgan fingerprint density at radius 3 is 2.43 bits per heavy atom. The van der Waals surface area contributed by atoms with Crippen LogP contribution in [0, 0.1) is 0 Å². The van der Waals surface area contributed by atoms with Crippen molar-refractivity contribution >= 4 is 17.7 Å². The Balaban J connectivity index is 1.95. The Morgan fingerprint density at radius 2 is 1.87 bits per heavy atom. The standard InChI is InChI=1S/C23H26F3N3O/c1-16(27)19-10-7-18(8-11-19)14-21(29(2)3)15-28-22(30)12-9-17-5-4-6-20(13-17)23(24,25)26/h4-13,21H,1,14-15,27H2,2-3H3,(H,28,30)/b12-9+. The van der Waals surface area contributed by atoms with Crippen LogP contribution in [0.2, 0.25) is 0 Å². The summed E-state index contributed by atoms with van der Waals surface area (Å²) < 4.78 is 38.3. The molecule has 1 unspecified atom stereocenters. The third kappa shape index (κ3) is 7.08. The van der Waals surface area contributed by atoms with E-state index < -0.39 is 11.7 Å². The van der Waals surface area contributed by atoms with Crippen LogP contribution in [0.15, 0.2) is 61.2 Å². The minimum Gasteiger partial charge on any atom is -0.399 e. The summed E-state index contributed by atoms with van der Waals surface area (Å²) in [7, 11) is 3.84. The molecule has 0 aliphatic rings. The topological polar surface area (TPSA) is 58.4 Å². The first kappa shape index (κ1) is 23.2. The van der Waals surface area contributed by atoms with Gasteiger partial charge < -0.3 is 16.0 Å². The smallest absolute Gasteiger partial charge is 0.399 e. The van der Waals surface area contributed by atoms with E-state index in [9.17, 15) is 18.0 Å². The minimum atomic E-state index is -4.42. The second kappa shape index (κ2) is 10.1. The Labute approximate surface area is 174 Å². The van der Waals surface area contributed by atoms with E-state index in [2.05, 4.69) is 11.9 Å². The molecule has 0 saturated heterocycles. The minimum absolute atomic E-state index is 0.0443. The van der Waals surface area contributed by atoms with Crippen LogP contribution in [0.5, 0.6) is 0 Å². The predicted octanol–water partition coefficient (Wildman–Crippen LogP) is 3.94. The molecule has 1 atom stereocenters. The number of nitrogens with zero attached hydrogens (tertiary/aromatic N) is 1. The van der Waals surface area contributed by atoms with Gasteiger partial charge in [0.2, 0.25) is 5.91 Å². The molecule has 2 rings (SSSR count). The van der Waals surface area contributed by atoms with Gasteiger partial charge in [-0.25, -0.2) is 0 Å². The molecule has 0 aliphatic heterocycles. The molecule has 0 heterocycles. The van der Waals surface area contributed by atoms with Crippen molar-refractivity contribution in [1.29, 1.82) is 0 Å². The summed E-state index contributed by atoms with van der Waals surface area (Å²) in [5, 5.41) is 2.81. The molecule has 1 amide bonds. The molecule has 4 nitrogen and oxygen atoms in total. The van der Waals surface area contributed by atoms with Gasteiger partial charge in [0.05, 0.1) is 5.56 Å². The van der Waals surface area contributed by atoms with Crippen LogP contribution in [0.25, 0.3) is 11.8 Å². The number of halogens is 3. The van der Waals surface area contributed by atoms with Crippen molar-refractivity contribution < 1.29 is 18.0 Å². The Morgan fingerprint density at radius 1 is 1.20 bits per heavy atom. The lowest BCUT2D eigenvalue weighted by atomic mass is 10.0. The molecule has 2 aromatic rings. The van der Waals surface area contributed by atoms with E-state index in [1.807, 2.05) is 43.3 Å². The van der Waals surface area contributed by atoms with Gasteiger partial charge in [-0.05, 0) is 55.4 Å². The van der Waals surface area contributed by atoms with Gasteiger partial charge >= 0.3 is 6.18 Å². The molecule has 0 radical (unpaired) electrons. The van der Waals surface area contributed by atoms with Crippen molar-refractivity contribution in [2.24, 2.45) is 5.73 Å². The monoisotopic (exact) mass is 417 g/mol. The van der Waals surface area contributed by atoms with Crippen LogP contribution in [0.1, 0.15) is 22.3 Å². The second-order valence-corrected chi connectivity index (χ2v) is 7.25. The first-order valence-electron chi connectivity index (χ1n) is 9.39. The van der Waals surface area contributed by atoms with Crippen molar-refractivity contribution in [2.45, 2.75) is 18.6 Å². The highest BCUT2D eigenvalue weighted by molar-refractivity contribution is 5.91. The normalized spacial score (nSPS) is 12.9. The summed E-state index contributed by atoms with van der Waals surface area (Å²) in [6, 6.07) is 12.6. The van der Waals surface area contributed by atoms with Crippen LogP contribution in [-0.4, -0.2) is 37.5 Å². The van der Waals surface area contributed by atoms with Gasteiger partial charge in [0.1, 0.15) is 0 Å². The number of alkyl halides is 3. The molecule has 3 N–H and O–H groups in total. The second-order valence-electron chi connectivity index (χ2n) is 7.25. The quantitative estimate of drug-likeness (QED) is 0.640. The number of benzene rings is 2.